The number of benzene rings is 1. The van der Waals surface area contributed by atoms with E-state index >= 15 is 0 Å². The quantitative estimate of drug-likeness (QED) is 0.611. The van der Waals surface area contributed by atoms with Crippen LogP contribution in [0.4, 0.5) is 0 Å². The van der Waals surface area contributed by atoms with Gasteiger partial charge in [-0.25, -0.2) is 4.79 Å². The Morgan fingerprint density at radius 1 is 1.24 bits per heavy atom. The molecule has 0 aromatic heterocycles. The number of nitrogens with zero attached hydrogens (tertiary/aromatic N) is 1. The van der Waals surface area contributed by atoms with Gasteiger partial charge in [-0.15, -0.1) is 0 Å². The van der Waals surface area contributed by atoms with E-state index in [1.54, 1.807) is 0 Å². The molecule has 0 unspecified atom stereocenters. The number of likely N-dealkylation sites (tertiary alicyclic amines) is 1. The summed E-state index contributed by atoms with van der Waals surface area (Å²) in [6, 6.07) is 6.60. The zero-order valence-electron chi connectivity index (χ0n) is 16.4. The molecule has 2 fully saturated rings. The van der Waals surface area contributed by atoms with Crippen molar-refractivity contribution in [3.05, 3.63) is 29.8 Å². The van der Waals surface area contributed by atoms with Crippen molar-refractivity contribution in [1.82, 2.24) is 10.2 Å². The number of aliphatic carboxylic acids is 1. The van der Waals surface area contributed by atoms with Crippen LogP contribution in [-0.2, 0) is 23.9 Å². The Kier molecular flexibility index (Phi) is 6.71. The zero-order valence-corrected chi connectivity index (χ0v) is 16.4. The summed E-state index contributed by atoms with van der Waals surface area (Å²) >= 11 is 0. The molecule has 1 atom stereocenters. The number of hydrogen-bond donors (Lipinski definition) is 2. The molecule has 2 amide bonds. The molecule has 1 aromatic rings. The van der Waals surface area contributed by atoms with Crippen molar-refractivity contribution in [2.45, 2.75) is 38.0 Å². The van der Waals surface area contributed by atoms with Gasteiger partial charge in [-0.3, -0.25) is 9.59 Å². The van der Waals surface area contributed by atoms with Gasteiger partial charge in [0.25, 0.3) is 0 Å². The lowest BCUT2D eigenvalue weighted by Gasteiger charge is -2.23. The first-order valence-corrected chi connectivity index (χ1v) is 9.65. The van der Waals surface area contributed by atoms with Crippen molar-refractivity contribution in [3.8, 4) is 5.75 Å². The molecule has 2 aliphatic heterocycles. The van der Waals surface area contributed by atoms with Gasteiger partial charge in [0.05, 0.1) is 32.9 Å². The van der Waals surface area contributed by atoms with E-state index < -0.39 is 23.7 Å². The van der Waals surface area contributed by atoms with Gasteiger partial charge in [0.15, 0.2) is 5.79 Å². The van der Waals surface area contributed by atoms with Gasteiger partial charge in [0.2, 0.25) is 11.8 Å². The number of carbonyl (C=O) groups is 3. The second-order valence-electron chi connectivity index (χ2n) is 7.23. The summed E-state index contributed by atoms with van der Waals surface area (Å²) in [5, 5.41) is 11.9. The summed E-state index contributed by atoms with van der Waals surface area (Å²) < 4.78 is 16.6. The van der Waals surface area contributed by atoms with Gasteiger partial charge in [-0.2, -0.15) is 0 Å². The van der Waals surface area contributed by atoms with Crippen molar-refractivity contribution in [1.29, 1.82) is 0 Å². The topological polar surface area (TPSA) is 114 Å². The van der Waals surface area contributed by atoms with Crippen LogP contribution in [0.25, 0.3) is 0 Å². The summed E-state index contributed by atoms with van der Waals surface area (Å²) in [5.41, 5.74) is 1.14. The number of ether oxygens (including phenoxy) is 3. The third kappa shape index (κ3) is 5.45. The largest absolute Gasteiger partial charge is 0.494 e. The molecule has 2 heterocycles. The molecule has 0 saturated carbocycles. The minimum Gasteiger partial charge on any atom is -0.494 e. The molecule has 3 rings (SSSR count). The zero-order chi connectivity index (χ0) is 20.9. The van der Waals surface area contributed by atoms with Gasteiger partial charge in [-0.1, -0.05) is 17.7 Å². The van der Waals surface area contributed by atoms with Crippen LogP contribution in [0.3, 0.4) is 0 Å². The Morgan fingerprint density at radius 3 is 2.59 bits per heavy atom. The SMILES string of the molecule is Cc1ccc(OCCCC(=O)NCC(=O)N2CC3(C[C@H]2C(=O)O)OCCO3)cc1. The monoisotopic (exact) mass is 406 g/mol. The van der Waals surface area contributed by atoms with Gasteiger partial charge in [0, 0.05) is 12.8 Å². The van der Waals surface area contributed by atoms with Crippen LogP contribution >= 0.6 is 0 Å². The van der Waals surface area contributed by atoms with Crippen LogP contribution in [0.1, 0.15) is 24.8 Å². The molecule has 0 bridgehead atoms. The molecule has 0 radical (unpaired) electrons. The van der Waals surface area contributed by atoms with Gasteiger partial charge >= 0.3 is 5.97 Å². The van der Waals surface area contributed by atoms with E-state index in [2.05, 4.69) is 5.32 Å². The van der Waals surface area contributed by atoms with E-state index in [1.165, 1.54) is 4.90 Å². The molecule has 1 aromatic carbocycles. The number of carbonyl (C=O) groups excluding carboxylic acids is 2. The third-order valence-electron chi connectivity index (χ3n) is 4.99. The number of aryl methyl sites for hydroxylation is 1. The van der Waals surface area contributed by atoms with Gasteiger partial charge < -0.3 is 29.5 Å². The number of carboxylic acid groups (broad SMARTS) is 1. The van der Waals surface area contributed by atoms with E-state index in [9.17, 15) is 19.5 Å². The smallest absolute Gasteiger partial charge is 0.326 e. The molecule has 9 nitrogen and oxygen atoms in total. The Bertz CT molecular complexity index is 744. The number of nitrogens with one attached hydrogen (secondary N) is 1. The lowest BCUT2D eigenvalue weighted by Crippen LogP contribution is -2.46. The van der Waals surface area contributed by atoms with Crippen LogP contribution in [0.2, 0.25) is 0 Å². The second kappa shape index (κ2) is 9.23. The second-order valence-corrected chi connectivity index (χ2v) is 7.23. The molecule has 2 aliphatic rings. The maximum absolute atomic E-state index is 12.5. The molecule has 9 heteroatoms. The number of hydrogen-bond acceptors (Lipinski definition) is 6. The highest BCUT2D eigenvalue weighted by molar-refractivity contribution is 5.88. The van der Waals surface area contributed by atoms with E-state index in [1.807, 2.05) is 31.2 Å². The minimum atomic E-state index is -1.12. The van der Waals surface area contributed by atoms with Crippen LogP contribution in [-0.4, -0.2) is 72.5 Å². The Morgan fingerprint density at radius 2 is 1.93 bits per heavy atom. The lowest BCUT2D eigenvalue weighted by atomic mass is 10.1. The first kappa shape index (κ1) is 21.1. The van der Waals surface area contributed by atoms with E-state index in [4.69, 9.17) is 14.2 Å². The highest BCUT2D eigenvalue weighted by Crippen LogP contribution is 2.34. The fraction of sp³-hybridized carbons (Fsp3) is 0.550. The van der Waals surface area contributed by atoms with Crippen molar-refractivity contribution in [2.75, 3.05) is 32.9 Å². The first-order chi connectivity index (χ1) is 13.9. The standard InChI is InChI=1S/C20H26N2O7/c1-14-4-6-15(7-5-14)27-8-2-3-17(23)21-12-18(24)22-13-20(28-9-10-29-20)11-16(22)19(25)26/h4-7,16H,2-3,8-13H2,1H3,(H,21,23)(H,25,26)/t16-/m0/s1. The minimum absolute atomic E-state index is 0.0447. The van der Waals surface area contributed by atoms with Gasteiger partial charge in [0.1, 0.15) is 11.8 Å². The van der Waals surface area contributed by atoms with Crippen molar-refractivity contribution < 1.29 is 33.7 Å². The first-order valence-electron chi connectivity index (χ1n) is 9.65. The van der Waals surface area contributed by atoms with Crippen molar-refractivity contribution in [3.63, 3.8) is 0 Å². The van der Waals surface area contributed by atoms with E-state index in [-0.39, 0.29) is 31.8 Å². The molecule has 0 aliphatic carbocycles. The molecular formula is C20H26N2O7. The average Bonchev–Trinajstić information content (AvgIpc) is 3.32. The van der Waals surface area contributed by atoms with Gasteiger partial charge in [-0.05, 0) is 25.5 Å². The fourth-order valence-electron chi connectivity index (χ4n) is 3.45. The summed E-state index contributed by atoms with van der Waals surface area (Å²) in [5.74, 6) is -2.19. The van der Waals surface area contributed by atoms with Crippen LogP contribution in [0.5, 0.6) is 5.75 Å². The van der Waals surface area contributed by atoms with Crippen LogP contribution in [0.15, 0.2) is 24.3 Å². The molecule has 2 saturated heterocycles. The molecule has 158 valence electrons. The molecule has 1 spiro atoms. The Hall–Kier alpha value is -2.65. The normalized spacial score (nSPS) is 20.0. The molecule has 2 N–H and O–H groups in total. The number of rotatable bonds is 8. The lowest BCUT2D eigenvalue weighted by molar-refractivity contribution is -0.152. The fourth-order valence-corrected chi connectivity index (χ4v) is 3.45. The predicted octanol–water partition coefficient (Wildman–Crippen LogP) is 0.699. The van der Waals surface area contributed by atoms with Crippen LogP contribution < -0.4 is 10.1 Å². The highest BCUT2D eigenvalue weighted by atomic mass is 16.7. The average molecular weight is 406 g/mol. The number of amides is 2. The van der Waals surface area contributed by atoms with E-state index in [0.717, 1.165) is 11.3 Å². The van der Waals surface area contributed by atoms with Crippen molar-refractivity contribution in [2.24, 2.45) is 0 Å². The summed E-state index contributed by atoms with van der Waals surface area (Å²) in [6.45, 7) is 2.89. The van der Waals surface area contributed by atoms with Crippen LogP contribution in [0, 0.1) is 6.92 Å². The predicted molar refractivity (Wildman–Crippen MR) is 101 cm³/mol. The Labute approximate surface area is 168 Å². The highest BCUT2D eigenvalue weighted by Gasteiger charge is 2.52. The van der Waals surface area contributed by atoms with Crippen molar-refractivity contribution >= 4 is 17.8 Å². The molecular weight excluding hydrogens is 380 g/mol. The molecule has 29 heavy (non-hydrogen) atoms. The van der Waals surface area contributed by atoms with E-state index in [0.29, 0.717) is 26.2 Å². The Balaban J connectivity index is 1.39. The third-order valence-corrected chi connectivity index (χ3v) is 4.99. The maximum atomic E-state index is 12.5. The maximum Gasteiger partial charge on any atom is 0.326 e. The summed E-state index contributed by atoms with van der Waals surface area (Å²) in [7, 11) is 0. The summed E-state index contributed by atoms with van der Waals surface area (Å²) in [6.07, 6.45) is 0.788. The number of carboxylic acids is 1. The summed E-state index contributed by atoms with van der Waals surface area (Å²) in [4.78, 5) is 37.1.